The molecule has 6 heteroatoms. The van der Waals surface area contributed by atoms with Crippen LogP contribution in [-0.2, 0) is 0 Å². The number of rotatable bonds is 3. The first-order valence-electron chi connectivity index (χ1n) is 8.71. The van der Waals surface area contributed by atoms with Crippen molar-refractivity contribution in [1.29, 1.82) is 5.26 Å². The van der Waals surface area contributed by atoms with E-state index in [1.165, 1.54) is 0 Å². The zero-order valence-corrected chi connectivity index (χ0v) is 14.9. The second-order valence-corrected chi connectivity index (χ2v) is 6.84. The molecule has 0 N–H and O–H groups in total. The molecule has 0 radical (unpaired) electrons. The Bertz CT molecular complexity index is 817. The van der Waals surface area contributed by atoms with Crippen LogP contribution in [0.3, 0.4) is 0 Å². The number of aryl methyl sites for hydroxylation is 1. The van der Waals surface area contributed by atoms with Crippen molar-refractivity contribution in [3.05, 3.63) is 47.3 Å². The van der Waals surface area contributed by atoms with Gasteiger partial charge in [-0.15, -0.1) is 0 Å². The first-order valence-corrected chi connectivity index (χ1v) is 8.71. The maximum atomic E-state index is 12.8. The number of amides is 1. The number of nitrogens with zero attached hydrogens (tertiary/aromatic N) is 5. The first kappa shape index (κ1) is 17.2. The number of nitriles is 1. The highest BCUT2D eigenvalue weighted by molar-refractivity contribution is 5.92. The summed E-state index contributed by atoms with van der Waals surface area (Å²) < 4.78 is 2.21. The van der Waals surface area contributed by atoms with Crippen LogP contribution in [0.1, 0.15) is 66.2 Å². The topological polar surface area (TPSA) is 74.8 Å². The quantitative estimate of drug-likeness (QED) is 0.862. The molecule has 0 spiro atoms. The monoisotopic (exact) mass is 337 g/mol. The standard InChI is InChI=1S/C19H23N5O/c1-13(2)18-21-8-10-24(18)16-5-4-9-23(12-16)19(25)17-7-6-15(11-20)14(3)22-17/h6-8,10,13,16H,4-5,9,12H2,1-3H3/t16-/m0/s1. The van der Waals surface area contributed by atoms with Gasteiger partial charge in [-0.25, -0.2) is 9.97 Å². The number of imidazole rings is 1. The number of likely N-dealkylation sites (tertiary alicyclic amines) is 1. The fourth-order valence-corrected chi connectivity index (χ4v) is 3.41. The molecule has 0 saturated carbocycles. The lowest BCUT2D eigenvalue weighted by Gasteiger charge is -2.34. The average molecular weight is 337 g/mol. The molecule has 6 nitrogen and oxygen atoms in total. The Balaban J connectivity index is 1.79. The second kappa shape index (κ2) is 7.06. The van der Waals surface area contributed by atoms with Crippen molar-refractivity contribution >= 4 is 5.91 Å². The fraction of sp³-hybridized carbons (Fsp3) is 0.474. The van der Waals surface area contributed by atoms with Crippen LogP contribution in [0, 0.1) is 18.3 Å². The van der Waals surface area contributed by atoms with Crippen LogP contribution in [0.2, 0.25) is 0 Å². The molecule has 3 heterocycles. The molecule has 2 aromatic rings. The van der Waals surface area contributed by atoms with Gasteiger partial charge in [-0.05, 0) is 31.9 Å². The van der Waals surface area contributed by atoms with Crippen LogP contribution in [0.15, 0.2) is 24.5 Å². The van der Waals surface area contributed by atoms with Gasteiger partial charge in [0.2, 0.25) is 0 Å². The molecule has 1 aliphatic heterocycles. The van der Waals surface area contributed by atoms with Crippen LogP contribution >= 0.6 is 0 Å². The maximum absolute atomic E-state index is 12.8. The molecule has 25 heavy (non-hydrogen) atoms. The lowest BCUT2D eigenvalue weighted by molar-refractivity contribution is 0.0671. The van der Waals surface area contributed by atoms with Gasteiger partial charge in [0.25, 0.3) is 5.91 Å². The summed E-state index contributed by atoms with van der Waals surface area (Å²) >= 11 is 0. The van der Waals surface area contributed by atoms with Gasteiger partial charge in [0.1, 0.15) is 17.6 Å². The van der Waals surface area contributed by atoms with Gasteiger partial charge in [-0.2, -0.15) is 5.26 Å². The molecule has 0 aliphatic carbocycles. The Hall–Kier alpha value is -2.68. The number of hydrogen-bond acceptors (Lipinski definition) is 4. The van der Waals surface area contributed by atoms with Crippen LogP contribution in [0.25, 0.3) is 0 Å². The molecule has 130 valence electrons. The van der Waals surface area contributed by atoms with E-state index in [4.69, 9.17) is 5.26 Å². The summed E-state index contributed by atoms with van der Waals surface area (Å²) in [5.41, 5.74) is 1.51. The van der Waals surface area contributed by atoms with Crippen molar-refractivity contribution in [3.8, 4) is 6.07 Å². The lowest BCUT2D eigenvalue weighted by Crippen LogP contribution is -2.41. The molecule has 1 amide bonds. The molecule has 2 aromatic heterocycles. The summed E-state index contributed by atoms with van der Waals surface area (Å²) in [7, 11) is 0. The lowest BCUT2D eigenvalue weighted by atomic mass is 10.0. The number of piperidine rings is 1. The van der Waals surface area contributed by atoms with Gasteiger partial charge in [0.05, 0.1) is 17.3 Å². The highest BCUT2D eigenvalue weighted by Gasteiger charge is 2.27. The molecule has 1 fully saturated rings. The van der Waals surface area contributed by atoms with E-state index >= 15 is 0 Å². The molecule has 3 rings (SSSR count). The summed E-state index contributed by atoms with van der Waals surface area (Å²) in [5, 5.41) is 9.01. The third-order valence-electron chi connectivity index (χ3n) is 4.72. The van der Waals surface area contributed by atoms with Gasteiger partial charge in [-0.3, -0.25) is 4.79 Å². The van der Waals surface area contributed by atoms with E-state index in [9.17, 15) is 4.79 Å². The van der Waals surface area contributed by atoms with Gasteiger partial charge >= 0.3 is 0 Å². The Kier molecular flexibility index (Phi) is 4.84. The summed E-state index contributed by atoms with van der Waals surface area (Å²) in [6.45, 7) is 7.42. The molecular formula is C19H23N5O. The average Bonchev–Trinajstić information content (AvgIpc) is 3.11. The summed E-state index contributed by atoms with van der Waals surface area (Å²) in [5.74, 6) is 1.35. The van der Waals surface area contributed by atoms with E-state index < -0.39 is 0 Å². The van der Waals surface area contributed by atoms with E-state index in [1.54, 1.807) is 19.1 Å². The number of carbonyl (C=O) groups is 1. The third-order valence-corrected chi connectivity index (χ3v) is 4.72. The number of aromatic nitrogens is 3. The Morgan fingerprint density at radius 3 is 2.88 bits per heavy atom. The largest absolute Gasteiger partial charge is 0.335 e. The van der Waals surface area contributed by atoms with Gasteiger partial charge < -0.3 is 9.47 Å². The maximum Gasteiger partial charge on any atom is 0.272 e. The van der Waals surface area contributed by atoms with Crippen LogP contribution in [0.5, 0.6) is 0 Å². The van der Waals surface area contributed by atoms with Crippen molar-refractivity contribution in [2.24, 2.45) is 0 Å². The van der Waals surface area contributed by atoms with Gasteiger partial charge in [-0.1, -0.05) is 13.8 Å². The Morgan fingerprint density at radius 1 is 1.40 bits per heavy atom. The van der Waals surface area contributed by atoms with Crippen molar-refractivity contribution in [2.75, 3.05) is 13.1 Å². The van der Waals surface area contributed by atoms with E-state index in [1.807, 2.05) is 17.3 Å². The molecule has 1 saturated heterocycles. The van der Waals surface area contributed by atoms with Crippen LogP contribution < -0.4 is 0 Å². The summed E-state index contributed by atoms with van der Waals surface area (Å²) in [4.78, 5) is 23.5. The zero-order chi connectivity index (χ0) is 18.0. The smallest absolute Gasteiger partial charge is 0.272 e. The summed E-state index contributed by atoms with van der Waals surface area (Å²) in [6.07, 6.45) is 5.85. The van der Waals surface area contributed by atoms with Crippen molar-refractivity contribution < 1.29 is 4.79 Å². The summed E-state index contributed by atoms with van der Waals surface area (Å²) in [6, 6.07) is 5.65. The van der Waals surface area contributed by atoms with Crippen LogP contribution in [-0.4, -0.2) is 38.4 Å². The van der Waals surface area contributed by atoms with Crippen LogP contribution in [0.4, 0.5) is 0 Å². The fourth-order valence-electron chi connectivity index (χ4n) is 3.41. The minimum atomic E-state index is -0.0662. The van der Waals surface area contributed by atoms with Crippen molar-refractivity contribution in [2.45, 2.75) is 45.6 Å². The molecule has 0 aromatic carbocycles. The number of hydrogen-bond donors (Lipinski definition) is 0. The molecular weight excluding hydrogens is 314 g/mol. The highest BCUT2D eigenvalue weighted by atomic mass is 16.2. The highest BCUT2D eigenvalue weighted by Crippen LogP contribution is 2.26. The Morgan fingerprint density at radius 2 is 2.20 bits per heavy atom. The zero-order valence-electron chi connectivity index (χ0n) is 14.9. The van der Waals surface area contributed by atoms with E-state index in [-0.39, 0.29) is 11.9 Å². The van der Waals surface area contributed by atoms with Crippen molar-refractivity contribution in [1.82, 2.24) is 19.4 Å². The normalized spacial score (nSPS) is 17.6. The van der Waals surface area contributed by atoms with E-state index in [0.29, 0.717) is 29.4 Å². The number of pyridine rings is 1. The predicted octanol–water partition coefficient (Wildman–Crippen LogP) is 3.06. The SMILES string of the molecule is Cc1nc(C(=O)N2CCC[C@H](n3ccnc3C(C)C)C2)ccc1C#N. The molecule has 0 bridgehead atoms. The molecule has 0 unspecified atom stereocenters. The number of carbonyl (C=O) groups excluding carboxylic acids is 1. The van der Waals surface area contributed by atoms with Gasteiger partial charge in [0, 0.05) is 31.4 Å². The van der Waals surface area contributed by atoms with E-state index in [2.05, 4.69) is 34.5 Å². The van der Waals surface area contributed by atoms with Crippen molar-refractivity contribution in [3.63, 3.8) is 0 Å². The third kappa shape index (κ3) is 3.41. The minimum Gasteiger partial charge on any atom is -0.335 e. The Labute approximate surface area is 148 Å². The minimum absolute atomic E-state index is 0.0662. The first-order chi connectivity index (χ1) is 12.0. The molecule has 1 atom stereocenters. The predicted molar refractivity (Wildman–Crippen MR) is 94.2 cm³/mol. The van der Waals surface area contributed by atoms with E-state index in [0.717, 1.165) is 25.2 Å². The molecule has 1 aliphatic rings. The van der Waals surface area contributed by atoms with Gasteiger partial charge in [0.15, 0.2) is 0 Å². The second-order valence-electron chi connectivity index (χ2n) is 6.84.